The Kier molecular flexibility index (Phi) is 2.59. The molecule has 0 saturated heterocycles. The van der Waals surface area contributed by atoms with Crippen LogP contribution in [0.25, 0.3) is 0 Å². The third-order valence-electron chi connectivity index (χ3n) is 2.53. The van der Waals surface area contributed by atoms with E-state index in [0.29, 0.717) is 11.3 Å². The van der Waals surface area contributed by atoms with Crippen LogP contribution in [0.2, 0.25) is 0 Å². The molecule has 0 aliphatic heterocycles. The van der Waals surface area contributed by atoms with Gasteiger partial charge in [0.2, 0.25) is 0 Å². The first-order chi connectivity index (χ1) is 5.97. The summed E-state index contributed by atoms with van der Waals surface area (Å²) in [5.41, 5.74) is 3.64. The lowest BCUT2D eigenvalue weighted by molar-refractivity contribution is 0.171. The van der Waals surface area contributed by atoms with Gasteiger partial charge in [-0.2, -0.15) is 5.10 Å². The number of methoxy groups -OCH3 is 1. The van der Waals surface area contributed by atoms with Gasteiger partial charge in [-0.15, -0.1) is 0 Å². The molecule has 0 spiro atoms. The monoisotopic (exact) mass is 184 g/mol. The number of ether oxygens (including phenoxy) is 1. The second kappa shape index (κ2) is 3.36. The van der Waals surface area contributed by atoms with Crippen LogP contribution in [0.3, 0.4) is 0 Å². The number of hydrogen-bond acceptors (Lipinski definition) is 3. The highest BCUT2D eigenvalue weighted by atomic mass is 16.5. The van der Waals surface area contributed by atoms with Crippen molar-refractivity contribution in [2.45, 2.75) is 27.2 Å². The highest BCUT2D eigenvalue weighted by molar-refractivity contribution is 5.88. The van der Waals surface area contributed by atoms with Gasteiger partial charge in [0.1, 0.15) is 0 Å². The molecule has 13 heavy (non-hydrogen) atoms. The number of hydrogen-bond donors (Lipinski definition) is 1. The van der Waals surface area contributed by atoms with Gasteiger partial charge < -0.3 is 4.74 Å². The maximum atomic E-state index is 10.7. The van der Waals surface area contributed by atoms with Crippen LogP contribution >= 0.6 is 0 Å². The molecule has 0 bridgehead atoms. The zero-order valence-corrected chi connectivity index (χ0v) is 8.55. The lowest BCUT2D eigenvalue weighted by Crippen LogP contribution is -2.19. The number of nitrogens with zero attached hydrogens (tertiary/aromatic N) is 1. The van der Waals surface area contributed by atoms with Gasteiger partial charge in [0.25, 0.3) is 0 Å². The van der Waals surface area contributed by atoms with Crippen LogP contribution in [-0.2, 0) is 4.74 Å². The van der Waals surface area contributed by atoms with E-state index in [1.165, 1.54) is 7.11 Å². The van der Waals surface area contributed by atoms with Gasteiger partial charge in [0.15, 0.2) is 0 Å². The number of nitrogens with one attached hydrogen (secondary N) is 1. The van der Waals surface area contributed by atoms with Crippen molar-refractivity contribution in [2.75, 3.05) is 7.11 Å². The molecule has 0 aromatic rings. The Morgan fingerprint density at radius 1 is 1.62 bits per heavy atom. The van der Waals surface area contributed by atoms with E-state index in [1.807, 2.05) is 6.92 Å². The van der Waals surface area contributed by atoms with Gasteiger partial charge >= 0.3 is 6.09 Å². The summed E-state index contributed by atoms with van der Waals surface area (Å²) in [5.74, 6) is 0.504. The number of rotatable bonds is 2. The quantitative estimate of drug-likeness (QED) is 0.525. The van der Waals surface area contributed by atoms with Crippen molar-refractivity contribution in [1.29, 1.82) is 0 Å². The number of carbonyl (C=O) groups is 1. The lowest BCUT2D eigenvalue weighted by atomic mass is 10.1. The second-order valence-corrected chi connectivity index (χ2v) is 4.10. The SMILES string of the molecule is COC(=O)N/N=C(\C)C1CC1(C)C. The molecule has 1 unspecified atom stereocenters. The van der Waals surface area contributed by atoms with E-state index >= 15 is 0 Å². The minimum absolute atomic E-state index is 0.353. The van der Waals surface area contributed by atoms with Crippen molar-refractivity contribution in [3.05, 3.63) is 0 Å². The molecular weight excluding hydrogens is 168 g/mol. The molecule has 1 saturated carbocycles. The molecule has 1 amide bonds. The number of amides is 1. The van der Waals surface area contributed by atoms with Crippen molar-refractivity contribution in [1.82, 2.24) is 5.43 Å². The molecule has 4 heteroatoms. The third-order valence-corrected chi connectivity index (χ3v) is 2.53. The Morgan fingerprint density at radius 2 is 2.15 bits per heavy atom. The van der Waals surface area contributed by atoms with Crippen molar-refractivity contribution in [2.24, 2.45) is 16.4 Å². The summed E-state index contributed by atoms with van der Waals surface area (Å²) in [7, 11) is 1.32. The number of hydrazone groups is 1. The standard InChI is InChI=1S/C9H16N2O2/c1-6(7-5-9(7,2)3)10-11-8(12)13-4/h7H,5H2,1-4H3,(H,11,12)/b10-6+. The summed E-state index contributed by atoms with van der Waals surface area (Å²) in [6.07, 6.45) is 0.628. The number of carbonyl (C=O) groups excluding carboxylic acids is 1. The van der Waals surface area contributed by atoms with Crippen LogP contribution in [0.1, 0.15) is 27.2 Å². The first-order valence-electron chi connectivity index (χ1n) is 4.35. The normalized spacial score (nSPS) is 25.2. The van der Waals surface area contributed by atoms with Crippen molar-refractivity contribution >= 4 is 11.8 Å². The summed E-state index contributed by atoms with van der Waals surface area (Å²) < 4.78 is 4.40. The van der Waals surface area contributed by atoms with Gasteiger partial charge in [0, 0.05) is 11.6 Å². The Bertz CT molecular complexity index is 246. The minimum atomic E-state index is -0.516. The maximum Gasteiger partial charge on any atom is 0.427 e. The van der Waals surface area contributed by atoms with Gasteiger partial charge in [-0.1, -0.05) is 13.8 Å². The van der Waals surface area contributed by atoms with E-state index < -0.39 is 6.09 Å². The summed E-state index contributed by atoms with van der Waals surface area (Å²) in [6.45, 7) is 6.30. The van der Waals surface area contributed by atoms with E-state index in [-0.39, 0.29) is 0 Å². The van der Waals surface area contributed by atoms with Gasteiger partial charge in [-0.25, -0.2) is 10.2 Å². The average Bonchev–Trinajstić information content (AvgIpc) is 2.70. The van der Waals surface area contributed by atoms with Crippen molar-refractivity contribution in [3.8, 4) is 0 Å². The summed E-state index contributed by atoms with van der Waals surface area (Å²) >= 11 is 0. The Balaban J connectivity index is 2.40. The fraction of sp³-hybridized carbons (Fsp3) is 0.778. The minimum Gasteiger partial charge on any atom is -0.452 e. The molecule has 0 aromatic heterocycles. The fourth-order valence-electron chi connectivity index (χ4n) is 1.44. The van der Waals surface area contributed by atoms with E-state index in [9.17, 15) is 4.79 Å². The van der Waals surface area contributed by atoms with E-state index in [1.54, 1.807) is 0 Å². The van der Waals surface area contributed by atoms with Crippen LogP contribution in [0.15, 0.2) is 5.10 Å². The first kappa shape index (κ1) is 10.0. The molecular formula is C9H16N2O2. The summed E-state index contributed by atoms with van der Waals surface area (Å²) in [4.78, 5) is 10.7. The zero-order valence-electron chi connectivity index (χ0n) is 8.55. The Hall–Kier alpha value is -1.06. The maximum absolute atomic E-state index is 10.7. The predicted octanol–water partition coefficient (Wildman–Crippen LogP) is 1.76. The van der Waals surface area contributed by atoms with Gasteiger partial charge in [-0.3, -0.25) is 0 Å². The van der Waals surface area contributed by atoms with E-state index in [2.05, 4.69) is 29.1 Å². The van der Waals surface area contributed by atoms with Gasteiger partial charge in [-0.05, 0) is 18.8 Å². The van der Waals surface area contributed by atoms with Crippen molar-refractivity contribution < 1.29 is 9.53 Å². The third kappa shape index (κ3) is 2.44. The van der Waals surface area contributed by atoms with Crippen LogP contribution in [0.5, 0.6) is 0 Å². The molecule has 0 heterocycles. The smallest absolute Gasteiger partial charge is 0.427 e. The molecule has 0 aromatic carbocycles. The molecule has 1 aliphatic carbocycles. The van der Waals surface area contributed by atoms with Crippen LogP contribution in [0.4, 0.5) is 4.79 Å². The predicted molar refractivity (Wildman–Crippen MR) is 50.5 cm³/mol. The van der Waals surface area contributed by atoms with Crippen molar-refractivity contribution in [3.63, 3.8) is 0 Å². The van der Waals surface area contributed by atoms with Crippen LogP contribution in [0, 0.1) is 11.3 Å². The van der Waals surface area contributed by atoms with Crippen LogP contribution in [-0.4, -0.2) is 18.9 Å². The van der Waals surface area contributed by atoms with E-state index in [0.717, 1.165) is 12.1 Å². The zero-order chi connectivity index (χ0) is 10.1. The molecule has 1 N–H and O–H groups in total. The second-order valence-electron chi connectivity index (χ2n) is 4.10. The van der Waals surface area contributed by atoms with Crippen LogP contribution < -0.4 is 5.43 Å². The highest BCUT2D eigenvalue weighted by Gasteiger charge is 2.47. The Morgan fingerprint density at radius 3 is 2.54 bits per heavy atom. The molecule has 1 atom stereocenters. The topological polar surface area (TPSA) is 50.7 Å². The summed E-state index contributed by atoms with van der Waals surface area (Å²) in [5, 5.41) is 3.94. The molecule has 74 valence electrons. The fourth-order valence-corrected chi connectivity index (χ4v) is 1.44. The molecule has 1 fully saturated rings. The Labute approximate surface area is 78.3 Å². The highest BCUT2D eigenvalue weighted by Crippen LogP contribution is 2.52. The molecule has 4 nitrogen and oxygen atoms in total. The molecule has 0 radical (unpaired) electrons. The summed E-state index contributed by atoms with van der Waals surface area (Å²) in [6, 6.07) is 0. The molecule has 1 aliphatic rings. The molecule has 1 rings (SSSR count). The largest absolute Gasteiger partial charge is 0.452 e. The van der Waals surface area contributed by atoms with Gasteiger partial charge in [0.05, 0.1) is 7.11 Å². The average molecular weight is 184 g/mol. The lowest BCUT2D eigenvalue weighted by Gasteiger charge is -2.02. The van der Waals surface area contributed by atoms with E-state index in [4.69, 9.17) is 0 Å². The first-order valence-corrected chi connectivity index (χ1v) is 4.35.